The van der Waals surface area contributed by atoms with E-state index in [0.717, 1.165) is 30.1 Å². The SMILES string of the molecule is CCOc1cc(/C=N/NC(=O)Cc2ccc(Br)cc2)cc(Br)c1OCc1ccc(Br)cc1. The van der Waals surface area contributed by atoms with Crippen LogP contribution in [-0.4, -0.2) is 18.7 Å². The van der Waals surface area contributed by atoms with Crippen molar-refractivity contribution in [2.24, 2.45) is 5.10 Å². The third-order valence-corrected chi connectivity index (χ3v) is 5.96. The van der Waals surface area contributed by atoms with E-state index in [0.29, 0.717) is 24.7 Å². The number of carbonyl (C=O) groups is 1. The maximum Gasteiger partial charge on any atom is 0.244 e. The Bertz CT molecular complexity index is 1080. The molecule has 0 radical (unpaired) electrons. The summed E-state index contributed by atoms with van der Waals surface area (Å²) in [5.74, 6) is 1.02. The summed E-state index contributed by atoms with van der Waals surface area (Å²) in [4.78, 5) is 12.1. The summed E-state index contributed by atoms with van der Waals surface area (Å²) in [6.45, 7) is 2.81. The van der Waals surface area contributed by atoms with Crippen molar-refractivity contribution in [2.75, 3.05) is 6.61 Å². The molecule has 0 saturated heterocycles. The van der Waals surface area contributed by atoms with E-state index in [1.165, 1.54) is 0 Å². The maximum atomic E-state index is 12.1. The largest absolute Gasteiger partial charge is 0.490 e. The van der Waals surface area contributed by atoms with Gasteiger partial charge in [0.1, 0.15) is 6.61 Å². The van der Waals surface area contributed by atoms with Crippen LogP contribution in [0.25, 0.3) is 0 Å². The molecular weight excluding hydrogens is 604 g/mol. The molecular formula is C24H21Br3N2O3. The lowest BCUT2D eigenvalue weighted by molar-refractivity contribution is -0.120. The van der Waals surface area contributed by atoms with Gasteiger partial charge in [-0.1, -0.05) is 56.1 Å². The zero-order valence-corrected chi connectivity index (χ0v) is 22.0. The number of hydrogen-bond acceptors (Lipinski definition) is 4. The molecule has 0 atom stereocenters. The topological polar surface area (TPSA) is 59.9 Å². The fourth-order valence-corrected chi connectivity index (χ4v) is 3.91. The Hall–Kier alpha value is -2.16. The number of nitrogens with zero attached hydrogens (tertiary/aromatic N) is 1. The summed E-state index contributed by atoms with van der Waals surface area (Å²) >= 11 is 10.4. The van der Waals surface area contributed by atoms with Gasteiger partial charge in [0, 0.05) is 8.95 Å². The van der Waals surface area contributed by atoms with Crippen LogP contribution in [0, 0.1) is 0 Å². The smallest absolute Gasteiger partial charge is 0.244 e. The molecule has 0 bridgehead atoms. The Morgan fingerprint density at radius 2 is 1.56 bits per heavy atom. The van der Waals surface area contributed by atoms with Crippen LogP contribution in [0.5, 0.6) is 11.5 Å². The third-order valence-electron chi connectivity index (χ3n) is 4.31. The average Bonchev–Trinajstić information content (AvgIpc) is 2.76. The highest BCUT2D eigenvalue weighted by Gasteiger charge is 2.12. The van der Waals surface area contributed by atoms with E-state index in [4.69, 9.17) is 9.47 Å². The van der Waals surface area contributed by atoms with Crippen LogP contribution < -0.4 is 14.9 Å². The Balaban J connectivity index is 1.65. The molecule has 3 aromatic rings. The summed E-state index contributed by atoms with van der Waals surface area (Å²) in [5.41, 5.74) is 5.28. The molecule has 0 saturated carbocycles. The van der Waals surface area contributed by atoms with E-state index >= 15 is 0 Å². The van der Waals surface area contributed by atoms with Crippen LogP contribution in [-0.2, 0) is 17.8 Å². The van der Waals surface area contributed by atoms with Crippen molar-refractivity contribution >= 4 is 59.9 Å². The molecule has 3 rings (SSSR count). The average molecular weight is 625 g/mol. The number of hydrazone groups is 1. The van der Waals surface area contributed by atoms with Crippen LogP contribution in [0.2, 0.25) is 0 Å². The minimum absolute atomic E-state index is 0.192. The molecule has 0 aliphatic heterocycles. The fourth-order valence-electron chi connectivity index (χ4n) is 2.81. The van der Waals surface area contributed by atoms with Crippen molar-refractivity contribution in [3.8, 4) is 11.5 Å². The zero-order chi connectivity index (χ0) is 22.9. The highest BCUT2D eigenvalue weighted by atomic mass is 79.9. The van der Waals surface area contributed by atoms with Crippen LogP contribution in [0.3, 0.4) is 0 Å². The number of rotatable bonds is 9. The highest BCUT2D eigenvalue weighted by molar-refractivity contribution is 9.11. The van der Waals surface area contributed by atoms with E-state index in [-0.39, 0.29) is 12.3 Å². The molecule has 0 aliphatic carbocycles. The minimum atomic E-state index is -0.192. The van der Waals surface area contributed by atoms with Crippen molar-refractivity contribution in [1.82, 2.24) is 5.43 Å². The van der Waals surface area contributed by atoms with Gasteiger partial charge in [0.25, 0.3) is 0 Å². The minimum Gasteiger partial charge on any atom is -0.490 e. The van der Waals surface area contributed by atoms with Crippen LogP contribution in [0.15, 0.2) is 79.2 Å². The van der Waals surface area contributed by atoms with E-state index in [2.05, 4.69) is 58.3 Å². The number of hydrogen-bond donors (Lipinski definition) is 1. The monoisotopic (exact) mass is 622 g/mol. The summed E-state index contributed by atoms with van der Waals surface area (Å²) in [6, 6.07) is 19.2. The molecule has 0 unspecified atom stereocenters. The Morgan fingerprint density at radius 3 is 2.19 bits per heavy atom. The van der Waals surface area contributed by atoms with Gasteiger partial charge in [-0.25, -0.2) is 5.43 Å². The molecule has 166 valence electrons. The molecule has 1 amide bonds. The Labute approximate surface area is 212 Å². The lowest BCUT2D eigenvalue weighted by atomic mass is 10.1. The van der Waals surface area contributed by atoms with Crippen molar-refractivity contribution in [3.63, 3.8) is 0 Å². The molecule has 32 heavy (non-hydrogen) atoms. The van der Waals surface area contributed by atoms with Gasteiger partial charge < -0.3 is 9.47 Å². The van der Waals surface area contributed by atoms with Crippen LogP contribution in [0.1, 0.15) is 23.6 Å². The second-order valence-electron chi connectivity index (χ2n) is 6.77. The first-order valence-electron chi connectivity index (χ1n) is 9.84. The molecule has 8 heteroatoms. The van der Waals surface area contributed by atoms with Gasteiger partial charge in [-0.3, -0.25) is 4.79 Å². The quantitative estimate of drug-likeness (QED) is 0.214. The molecule has 0 heterocycles. The van der Waals surface area contributed by atoms with E-state index < -0.39 is 0 Å². The number of halogens is 3. The second kappa shape index (κ2) is 12.2. The van der Waals surface area contributed by atoms with Crippen molar-refractivity contribution in [3.05, 3.63) is 90.8 Å². The van der Waals surface area contributed by atoms with Crippen LogP contribution >= 0.6 is 47.8 Å². The Kier molecular flexibility index (Phi) is 9.32. The summed E-state index contributed by atoms with van der Waals surface area (Å²) in [7, 11) is 0. The number of amides is 1. The predicted molar refractivity (Wildman–Crippen MR) is 137 cm³/mol. The van der Waals surface area contributed by atoms with E-state index in [9.17, 15) is 4.79 Å². The second-order valence-corrected chi connectivity index (χ2v) is 9.46. The van der Waals surface area contributed by atoms with E-state index in [1.54, 1.807) is 6.21 Å². The molecule has 5 nitrogen and oxygen atoms in total. The third kappa shape index (κ3) is 7.46. The summed E-state index contributed by atoms with van der Waals surface area (Å²) in [6.07, 6.45) is 1.83. The number of benzene rings is 3. The van der Waals surface area contributed by atoms with Crippen molar-refractivity contribution < 1.29 is 14.3 Å². The summed E-state index contributed by atoms with van der Waals surface area (Å²) in [5, 5.41) is 4.07. The van der Waals surface area contributed by atoms with Gasteiger partial charge >= 0.3 is 0 Å². The highest BCUT2D eigenvalue weighted by Crippen LogP contribution is 2.37. The van der Waals surface area contributed by atoms with Gasteiger partial charge in [0.2, 0.25) is 5.91 Å². The van der Waals surface area contributed by atoms with Gasteiger partial charge in [0.05, 0.1) is 23.7 Å². The summed E-state index contributed by atoms with van der Waals surface area (Å²) < 4.78 is 14.5. The van der Waals surface area contributed by atoms with Gasteiger partial charge in [0.15, 0.2) is 11.5 Å². The zero-order valence-electron chi connectivity index (χ0n) is 17.3. The number of ether oxygens (including phenoxy) is 2. The number of nitrogens with one attached hydrogen (secondary N) is 1. The first-order valence-corrected chi connectivity index (χ1v) is 12.2. The molecule has 3 aromatic carbocycles. The van der Waals surface area contributed by atoms with Gasteiger partial charge in [-0.15, -0.1) is 0 Å². The predicted octanol–water partition coefficient (Wildman–Crippen LogP) is 6.64. The first-order chi connectivity index (χ1) is 15.4. The van der Waals surface area contributed by atoms with Gasteiger partial charge in [-0.2, -0.15) is 5.10 Å². The normalized spacial score (nSPS) is 10.9. The van der Waals surface area contributed by atoms with Crippen molar-refractivity contribution in [2.45, 2.75) is 20.0 Å². The van der Waals surface area contributed by atoms with Crippen LogP contribution in [0.4, 0.5) is 0 Å². The first kappa shape index (κ1) is 24.5. The Morgan fingerprint density at radius 1 is 0.938 bits per heavy atom. The standard InChI is InChI=1S/C24H21Br3N2O3/c1-2-31-22-12-18(14-28-29-23(30)13-16-3-7-19(25)8-4-16)11-21(27)24(22)32-15-17-5-9-20(26)10-6-17/h3-12,14H,2,13,15H2,1H3,(H,29,30)/b28-14+. The fraction of sp³-hybridized carbons (Fsp3) is 0.167. The number of carbonyl (C=O) groups excluding carboxylic acids is 1. The lowest BCUT2D eigenvalue weighted by Gasteiger charge is -2.14. The molecule has 1 N–H and O–H groups in total. The molecule has 0 aliphatic rings. The lowest BCUT2D eigenvalue weighted by Crippen LogP contribution is -2.19. The molecule has 0 aromatic heterocycles. The van der Waals surface area contributed by atoms with E-state index in [1.807, 2.05) is 67.6 Å². The molecule has 0 spiro atoms. The van der Waals surface area contributed by atoms with Crippen molar-refractivity contribution in [1.29, 1.82) is 0 Å². The maximum absolute atomic E-state index is 12.1. The van der Waals surface area contributed by atoms with Gasteiger partial charge in [-0.05, 0) is 75.9 Å². The molecule has 0 fully saturated rings.